The van der Waals surface area contributed by atoms with Crippen molar-refractivity contribution < 1.29 is 37.0 Å². The van der Waals surface area contributed by atoms with Crippen LogP contribution in [-0.4, -0.2) is 71.7 Å². The predicted octanol–water partition coefficient (Wildman–Crippen LogP) is 4.78. The molecule has 0 spiro atoms. The minimum atomic E-state index is -4.32. The van der Waals surface area contributed by atoms with Crippen LogP contribution in [0.4, 0.5) is 5.69 Å². The number of methoxy groups -OCH3 is 3. The summed E-state index contributed by atoms with van der Waals surface area (Å²) in [6.07, 6.45) is 3.85. The van der Waals surface area contributed by atoms with Gasteiger partial charge >= 0.3 is 0 Å². The molecule has 1 atom stereocenters. The van der Waals surface area contributed by atoms with Crippen molar-refractivity contribution >= 4 is 27.5 Å². The average molecular weight is 654 g/mol. The van der Waals surface area contributed by atoms with Gasteiger partial charge in [0, 0.05) is 18.7 Å². The first-order chi connectivity index (χ1) is 22.1. The van der Waals surface area contributed by atoms with Crippen LogP contribution in [0.3, 0.4) is 0 Å². The van der Waals surface area contributed by atoms with E-state index in [0.717, 1.165) is 35.6 Å². The number of sulfonamides is 1. The Morgan fingerprint density at radius 3 is 2.22 bits per heavy atom. The standard InChI is InChI=1S/C34H43N3O8S/c1-6-45-28-16-14-27(15-17-28)37(46(40,41)30-18-19-31(43-4)32(21-30)44-5)23-33(38)36(22-25-10-9-13-29(20-25)42-3)24(2)34(39)35-26-11-7-8-12-26/h9-10,13-21,24,26H,6-8,11-12,22-23H2,1-5H3,(H,35,39)/t24-/m1/s1. The predicted molar refractivity (Wildman–Crippen MR) is 175 cm³/mol. The van der Waals surface area contributed by atoms with Crippen molar-refractivity contribution in [3.05, 3.63) is 72.3 Å². The maximum absolute atomic E-state index is 14.3. The molecule has 0 saturated heterocycles. The summed E-state index contributed by atoms with van der Waals surface area (Å²) in [6.45, 7) is 3.43. The summed E-state index contributed by atoms with van der Waals surface area (Å²) in [5.41, 5.74) is 0.972. The van der Waals surface area contributed by atoms with Gasteiger partial charge < -0.3 is 29.2 Å². The summed E-state index contributed by atoms with van der Waals surface area (Å²) >= 11 is 0. The second kappa shape index (κ2) is 15.7. The van der Waals surface area contributed by atoms with Crippen molar-refractivity contribution in [2.45, 2.75) is 63.1 Å². The zero-order valence-electron chi connectivity index (χ0n) is 27.0. The number of nitrogens with zero attached hydrogens (tertiary/aromatic N) is 2. The van der Waals surface area contributed by atoms with Crippen molar-refractivity contribution in [2.24, 2.45) is 0 Å². The molecular formula is C34H43N3O8S. The van der Waals surface area contributed by atoms with E-state index in [1.54, 1.807) is 56.5 Å². The number of rotatable bonds is 15. The Morgan fingerprint density at radius 2 is 1.59 bits per heavy atom. The summed E-state index contributed by atoms with van der Waals surface area (Å²) in [7, 11) is 0.0938. The van der Waals surface area contributed by atoms with E-state index in [-0.39, 0.29) is 34.8 Å². The molecule has 0 radical (unpaired) electrons. The highest BCUT2D eigenvalue weighted by Gasteiger charge is 2.34. The molecule has 11 nitrogen and oxygen atoms in total. The van der Waals surface area contributed by atoms with Crippen LogP contribution >= 0.6 is 0 Å². The number of anilines is 1. The molecule has 12 heteroatoms. The molecule has 2 amide bonds. The number of hydrogen-bond donors (Lipinski definition) is 1. The van der Waals surface area contributed by atoms with Crippen LogP contribution in [-0.2, 0) is 26.2 Å². The van der Waals surface area contributed by atoms with E-state index in [2.05, 4.69) is 5.32 Å². The third-order valence-electron chi connectivity index (χ3n) is 8.01. The van der Waals surface area contributed by atoms with Gasteiger partial charge in [-0.25, -0.2) is 8.42 Å². The van der Waals surface area contributed by atoms with E-state index in [1.807, 2.05) is 13.0 Å². The second-order valence-corrected chi connectivity index (χ2v) is 12.9. The number of hydrogen-bond acceptors (Lipinski definition) is 8. The van der Waals surface area contributed by atoms with Gasteiger partial charge in [-0.2, -0.15) is 0 Å². The SMILES string of the molecule is CCOc1ccc(N(CC(=O)N(Cc2cccc(OC)c2)[C@H](C)C(=O)NC2CCCC2)S(=O)(=O)c2ccc(OC)c(OC)c2)cc1. The number of amides is 2. The highest BCUT2D eigenvalue weighted by molar-refractivity contribution is 7.92. The van der Waals surface area contributed by atoms with Gasteiger partial charge in [-0.1, -0.05) is 25.0 Å². The number of benzene rings is 3. The van der Waals surface area contributed by atoms with Crippen molar-refractivity contribution in [1.82, 2.24) is 10.2 Å². The highest BCUT2D eigenvalue weighted by atomic mass is 32.2. The molecule has 248 valence electrons. The van der Waals surface area contributed by atoms with Gasteiger partial charge in [-0.15, -0.1) is 0 Å². The number of nitrogens with one attached hydrogen (secondary N) is 1. The molecule has 1 aliphatic rings. The van der Waals surface area contributed by atoms with E-state index in [0.29, 0.717) is 23.9 Å². The monoisotopic (exact) mass is 653 g/mol. The molecule has 0 aromatic heterocycles. The molecule has 1 saturated carbocycles. The average Bonchev–Trinajstić information content (AvgIpc) is 3.59. The first-order valence-electron chi connectivity index (χ1n) is 15.3. The van der Waals surface area contributed by atoms with E-state index in [1.165, 1.54) is 37.3 Å². The second-order valence-electron chi connectivity index (χ2n) is 11.0. The number of carbonyl (C=O) groups excluding carboxylic acids is 2. The van der Waals surface area contributed by atoms with Crippen LogP contribution in [0.25, 0.3) is 0 Å². The molecule has 0 aliphatic heterocycles. The molecule has 1 fully saturated rings. The lowest BCUT2D eigenvalue weighted by atomic mass is 10.1. The van der Waals surface area contributed by atoms with E-state index in [9.17, 15) is 18.0 Å². The van der Waals surface area contributed by atoms with E-state index in [4.69, 9.17) is 18.9 Å². The first-order valence-corrected chi connectivity index (χ1v) is 16.8. The topological polar surface area (TPSA) is 124 Å². The maximum Gasteiger partial charge on any atom is 0.264 e. The summed E-state index contributed by atoms with van der Waals surface area (Å²) in [5.74, 6) is 0.876. The molecule has 46 heavy (non-hydrogen) atoms. The van der Waals surface area contributed by atoms with Crippen LogP contribution in [0.2, 0.25) is 0 Å². The van der Waals surface area contributed by atoms with Gasteiger partial charge in [0.05, 0.1) is 38.5 Å². The molecular weight excluding hydrogens is 610 g/mol. The van der Waals surface area contributed by atoms with Gasteiger partial charge in [0.15, 0.2) is 11.5 Å². The van der Waals surface area contributed by atoms with Crippen LogP contribution in [0.15, 0.2) is 71.6 Å². The summed E-state index contributed by atoms with van der Waals surface area (Å²) in [5, 5.41) is 3.08. The Bertz CT molecular complexity index is 1590. The Morgan fingerprint density at radius 1 is 0.891 bits per heavy atom. The largest absolute Gasteiger partial charge is 0.497 e. The molecule has 0 bridgehead atoms. The maximum atomic E-state index is 14.3. The quantitative estimate of drug-likeness (QED) is 0.249. The fourth-order valence-electron chi connectivity index (χ4n) is 5.45. The van der Waals surface area contributed by atoms with Gasteiger partial charge in [-0.3, -0.25) is 13.9 Å². The zero-order chi connectivity index (χ0) is 33.3. The van der Waals surface area contributed by atoms with Crippen molar-refractivity contribution in [1.29, 1.82) is 0 Å². The molecule has 0 unspecified atom stereocenters. The minimum Gasteiger partial charge on any atom is -0.497 e. The molecule has 3 aromatic rings. The Hall–Kier alpha value is -4.45. The molecule has 0 heterocycles. The summed E-state index contributed by atoms with van der Waals surface area (Å²) in [4.78, 5) is 29.0. The normalized spacial score (nSPS) is 13.8. The number of ether oxygens (including phenoxy) is 4. The van der Waals surface area contributed by atoms with Gasteiger partial charge in [0.1, 0.15) is 24.1 Å². The molecule has 4 rings (SSSR count). The molecule has 1 aliphatic carbocycles. The van der Waals surface area contributed by atoms with Crippen molar-refractivity contribution in [2.75, 3.05) is 38.8 Å². The van der Waals surface area contributed by atoms with Crippen molar-refractivity contribution in [3.8, 4) is 23.0 Å². The van der Waals surface area contributed by atoms with E-state index < -0.39 is 28.5 Å². The van der Waals surface area contributed by atoms with Gasteiger partial charge in [0.2, 0.25) is 11.8 Å². The molecule has 3 aromatic carbocycles. The minimum absolute atomic E-state index is 0.0505. The Labute approximate surface area is 271 Å². The fraction of sp³-hybridized carbons (Fsp3) is 0.412. The smallest absolute Gasteiger partial charge is 0.264 e. The molecule has 1 N–H and O–H groups in total. The third-order valence-corrected chi connectivity index (χ3v) is 9.78. The van der Waals surface area contributed by atoms with Crippen LogP contribution in [0.1, 0.15) is 45.1 Å². The van der Waals surface area contributed by atoms with E-state index >= 15 is 0 Å². The lowest BCUT2D eigenvalue weighted by molar-refractivity contribution is -0.139. The first kappa shape index (κ1) is 34.4. The summed E-state index contributed by atoms with van der Waals surface area (Å²) in [6, 6.07) is 17.1. The summed E-state index contributed by atoms with van der Waals surface area (Å²) < 4.78 is 51.2. The van der Waals surface area contributed by atoms with Crippen LogP contribution in [0, 0.1) is 0 Å². The Kier molecular flexibility index (Phi) is 11.8. The van der Waals surface area contributed by atoms with Crippen LogP contribution < -0.4 is 28.6 Å². The zero-order valence-corrected chi connectivity index (χ0v) is 27.8. The van der Waals surface area contributed by atoms with Crippen molar-refractivity contribution in [3.63, 3.8) is 0 Å². The number of carbonyl (C=O) groups is 2. The highest BCUT2D eigenvalue weighted by Crippen LogP contribution is 2.33. The van der Waals surface area contributed by atoms with Gasteiger partial charge in [-0.05, 0) is 80.8 Å². The third kappa shape index (κ3) is 8.22. The lowest BCUT2D eigenvalue weighted by Gasteiger charge is -2.32. The van der Waals surface area contributed by atoms with Crippen LogP contribution in [0.5, 0.6) is 23.0 Å². The fourth-order valence-corrected chi connectivity index (χ4v) is 6.88. The van der Waals surface area contributed by atoms with Gasteiger partial charge in [0.25, 0.3) is 10.0 Å². The Balaban J connectivity index is 1.73. The lowest BCUT2D eigenvalue weighted by Crippen LogP contribution is -2.52.